The van der Waals surface area contributed by atoms with Gasteiger partial charge in [-0.05, 0) is 83.7 Å². The zero-order chi connectivity index (χ0) is 17.3. The second-order valence-corrected chi connectivity index (χ2v) is 7.91. The molecule has 1 fully saturated rings. The fourth-order valence-corrected chi connectivity index (χ4v) is 2.81. The summed E-state index contributed by atoms with van der Waals surface area (Å²) < 4.78 is 20.2. The third-order valence-electron chi connectivity index (χ3n) is 4.43. The first-order valence-electron chi connectivity index (χ1n) is 8.35. The highest BCUT2D eigenvalue weighted by molar-refractivity contribution is 5.75. The number of hydrogen-bond donors (Lipinski definition) is 1. The van der Waals surface area contributed by atoms with Gasteiger partial charge < -0.3 is 10.1 Å². The summed E-state index contributed by atoms with van der Waals surface area (Å²) in [4.78, 5) is 12.1. The molecule has 128 valence electrons. The molecule has 1 saturated heterocycles. The van der Waals surface area contributed by atoms with Crippen LogP contribution in [0.4, 0.5) is 4.39 Å². The molecule has 1 aliphatic heterocycles. The number of piperidine rings is 1. The zero-order valence-electron chi connectivity index (χ0n) is 14.8. The van der Waals surface area contributed by atoms with Gasteiger partial charge in [0.05, 0.1) is 5.41 Å². The van der Waals surface area contributed by atoms with Crippen molar-refractivity contribution in [2.75, 3.05) is 13.1 Å². The van der Waals surface area contributed by atoms with Gasteiger partial charge in [0.15, 0.2) is 0 Å². The van der Waals surface area contributed by atoms with Crippen molar-refractivity contribution in [2.24, 2.45) is 5.41 Å². The normalized spacial score (nSPS) is 17.1. The summed E-state index contributed by atoms with van der Waals surface area (Å²) in [5.74, 6) is -0.217. The number of carbonyl (C=O) groups excluding carboxylic acids is 1. The molecule has 1 N–H and O–H groups in total. The summed E-state index contributed by atoms with van der Waals surface area (Å²) in [6.45, 7) is 10.9. The lowest BCUT2D eigenvalue weighted by Crippen LogP contribution is -2.32. The van der Waals surface area contributed by atoms with Crippen molar-refractivity contribution in [3.63, 3.8) is 0 Å². The van der Waals surface area contributed by atoms with Crippen LogP contribution in [0.5, 0.6) is 0 Å². The Hall–Kier alpha value is -1.42. The predicted octanol–water partition coefficient (Wildman–Crippen LogP) is 4.12. The molecule has 0 unspecified atom stereocenters. The monoisotopic (exact) mass is 321 g/mol. The first kappa shape index (κ1) is 17.9. The fraction of sp³-hybridized carbons (Fsp3) is 0.632. The molecular formula is C19H28FNO2. The van der Waals surface area contributed by atoms with Crippen LogP contribution in [0.1, 0.15) is 64.5 Å². The molecule has 0 saturated carbocycles. The Morgan fingerprint density at radius 3 is 2.30 bits per heavy atom. The molecule has 0 bridgehead atoms. The lowest BCUT2D eigenvalue weighted by molar-refractivity contribution is -0.167. The van der Waals surface area contributed by atoms with E-state index in [2.05, 4.69) is 5.32 Å². The van der Waals surface area contributed by atoms with Crippen molar-refractivity contribution < 1.29 is 13.9 Å². The van der Waals surface area contributed by atoms with Gasteiger partial charge in [-0.15, -0.1) is 0 Å². The number of rotatable bonds is 3. The van der Waals surface area contributed by atoms with E-state index < -0.39 is 11.0 Å². The summed E-state index contributed by atoms with van der Waals surface area (Å²) in [7, 11) is 0. The smallest absolute Gasteiger partial charge is 0.312 e. The maximum Gasteiger partial charge on any atom is 0.312 e. The molecule has 1 aromatic carbocycles. The summed E-state index contributed by atoms with van der Waals surface area (Å²) in [6.07, 6.45) is 1.91. The first-order chi connectivity index (χ1) is 10.6. The molecule has 1 aromatic rings. The molecular weight excluding hydrogens is 293 g/mol. The van der Waals surface area contributed by atoms with E-state index in [1.807, 2.05) is 32.9 Å². The molecule has 0 aromatic heterocycles. The van der Waals surface area contributed by atoms with Crippen LogP contribution in [-0.2, 0) is 15.1 Å². The molecule has 4 heteroatoms. The third kappa shape index (κ3) is 4.31. The van der Waals surface area contributed by atoms with E-state index >= 15 is 0 Å². The van der Waals surface area contributed by atoms with Crippen LogP contribution < -0.4 is 5.32 Å². The molecule has 0 spiro atoms. The zero-order valence-corrected chi connectivity index (χ0v) is 14.8. The summed E-state index contributed by atoms with van der Waals surface area (Å²) in [5.41, 5.74) is 0.0291. The largest absolute Gasteiger partial charge is 0.454 e. The highest BCUT2D eigenvalue weighted by atomic mass is 19.1. The molecule has 3 nitrogen and oxygen atoms in total. The van der Waals surface area contributed by atoms with Crippen molar-refractivity contribution in [3.05, 3.63) is 35.1 Å². The van der Waals surface area contributed by atoms with Gasteiger partial charge in [0.1, 0.15) is 11.4 Å². The Kier molecular flexibility index (Phi) is 5.14. The van der Waals surface area contributed by atoms with Crippen LogP contribution in [0.2, 0.25) is 0 Å². The number of esters is 1. The summed E-state index contributed by atoms with van der Waals surface area (Å²) >= 11 is 0. The van der Waals surface area contributed by atoms with Crippen molar-refractivity contribution in [2.45, 2.75) is 59.0 Å². The average molecular weight is 321 g/mol. The Morgan fingerprint density at radius 2 is 1.78 bits per heavy atom. The number of ether oxygens (including phenoxy) is 1. The minimum Gasteiger partial charge on any atom is -0.454 e. The van der Waals surface area contributed by atoms with Crippen LogP contribution in [-0.4, -0.2) is 19.1 Å². The molecule has 2 rings (SSSR count). The van der Waals surface area contributed by atoms with E-state index in [1.54, 1.807) is 13.8 Å². The molecule has 0 atom stereocenters. The lowest BCUT2D eigenvalue weighted by Gasteiger charge is -2.30. The number of hydrogen-bond acceptors (Lipinski definition) is 3. The van der Waals surface area contributed by atoms with Gasteiger partial charge in [0, 0.05) is 0 Å². The third-order valence-corrected chi connectivity index (χ3v) is 4.43. The van der Waals surface area contributed by atoms with Gasteiger partial charge in [0.2, 0.25) is 0 Å². The molecule has 1 heterocycles. The number of carbonyl (C=O) groups is 1. The van der Waals surface area contributed by atoms with Crippen molar-refractivity contribution in [3.8, 4) is 0 Å². The van der Waals surface area contributed by atoms with E-state index in [-0.39, 0.29) is 17.7 Å². The topological polar surface area (TPSA) is 38.3 Å². The van der Waals surface area contributed by atoms with Crippen molar-refractivity contribution >= 4 is 5.97 Å². The van der Waals surface area contributed by atoms with Crippen LogP contribution in [0, 0.1) is 11.2 Å². The number of nitrogens with one attached hydrogen (secondary N) is 1. The second kappa shape index (κ2) is 6.60. The number of halogens is 1. The molecule has 0 radical (unpaired) electrons. The van der Waals surface area contributed by atoms with Crippen LogP contribution >= 0.6 is 0 Å². The molecule has 1 aliphatic rings. The van der Waals surface area contributed by atoms with Gasteiger partial charge in [0.25, 0.3) is 0 Å². The fourth-order valence-electron chi connectivity index (χ4n) is 2.81. The maximum absolute atomic E-state index is 14.6. The van der Waals surface area contributed by atoms with Crippen molar-refractivity contribution in [1.82, 2.24) is 5.32 Å². The first-order valence-corrected chi connectivity index (χ1v) is 8.35. The van der Waals surface area contributed by atoms with Crippen LogP contribution in [0.15, 0.2) is 18.2 Å². The maximum atomic E-state index is 14.6. The van der Waals surface area contributed by atoms with E-state index in [0.717, 1.165) is 31.5 Å². The SMILES string of the molecule is CC(C)(C)C(=O)OC(C)(C)c1ccc(C2CCNCC2)c(F)c1. The second-order valence-electron chi connectivity index (χ2n) is 7.91. The highest BCUT2D eigenvalue weighted by Gasteiger charge is 2.32. The average Bonchev–Trinajstić information content (AvgIpc) is 2.46. The van der Waals surface area contributed by atoms with Gasteiger partial charge in [-0.25, -0.2) is 4.39 Å². The minimum atomic E-state index is -0.849. The van der Waals surface area contributed by atoms with E-state index in [0.29, 0.717) is 5.56 Å². The van der Waals surface area contributed by atoms with Gasteiger partial charge in [-0.3, -0.25) is 4.79 Å². The Balaban J connectivity index is 2.19. The van der Waals surface area contributed by atoms with E-state index in [1.165, 1.54) is 6.07 Å². The van der Waals surface area contributed by atoms with Crippen LogP contribution in [0.25, 0.3) is 0 Å². The molecule has 0 amide bonds. The summed E-state index contributed by atoms with van der Waals surface area (Å²) in [5, 5.41) is 3.30. The Labute approximate surface area is 138 Å². The Bertz CT molecular complexity index is 569. The van der Waals surface area contributed by atoms with E-state index in [9.17, 15) is 9.18 Å². The van der Waals surface area contributed by atoms with Crippen LogP contribution in [0.3, 0.4) is 0 Å². The Morgan fingerprint density at radius 1 is 1.17 bits per heavy atom. The molecule has 23 heavy (non-hydrogen) atoms. The lowest BCUT2D eigenvalue weighted by atomic mass is 9.87. The van der Waals surface area contributed by atoms with Gasteiger partial charge in [-0.1, -0.05) is 12.1 Å². The number of benzene rings is 1. The van der Waals surface area contributed by atoms with Crippen molar-refractivity contribution in [1.29, 1.82) is 0 Å². The minimum absolute atomic E-state index is 0.200. The summed E-state index contributed by atoms with van der Waals surface area (Å²) in [6, 6.07) is 5.26. The quantitative estimate of drug-likeness (QED) is 0.851. The molecule has 0 aliphatic carbocycles. The highest BCUT2D eigenvalue weighted by Crippen LogP contribution is 2.33. The predicted molar refractivity (Wildman–Crippen MR) is 89.8 cm³/mol. The van der Waals surface area contributed by atoms with E-state index in [4.69, 9.17) is 4.74 Å². The standard InChI is InChI=1S/C19H28FNO2/c1-18(2,3)17(22)23-19(4,5)14-6-7-15(16(20)12-14)13-8-10-21-11-9-13/h6-7,12-13,21H,8-11H2,1-5H3. The van der Waals surface area contributed by atoms with Gasteiger partial charge >= 0.3 is 5.97 Å². The van der Waals surface area contributed by atoms with Gasteiger partial charge in [-0.2, -0.15) is 0 Å².